The first-order valence-electron chi connectivity index (χ1n) is 2.60. The molecule has 0 radical (unpaired) electrons. The van der Waals surface area contributed by atoms with Crippen molar-refractivity contribution in [3.63, 3.8) is 0 Å². The van der Waals surface area contributed by atoms with Crippen LogP contribution in [0.4, 0.5) is 0 Å². The van der Waals surface area contributed by atoms with E-state index in [2.05, 4.69) is 6.92 Å². The highest BCUT2D eigenvalue weighted by Gasteiger charge is 1.88. The zero-order valence-corrected chi connectivity index (χ0v) is 5.79. The first-order valence-corrected chi connectivity index (χ1v) is 3.76. The van der Waals surface area contributed by atoms with Gasteiger partial charge >= 0.3 is 0 Å². The van der Waals surface area contributed by atoms with E-state index in [4.69, 9.17) is 5.73 Å². The number of hydrogen-bond acceptors (Lipinski definition) is 2. The Morgan fingerprint density at radius 3 is 2.43 bits per heavy atom. The summed E-state index contributed by atoms with van der Waals surface area (Å²) in [6, 6.07) is 0.366. The molecule has 0 amide bonds. The van der Waals surface area contributed by atoms with Gasteiger partial charge in [-0.15, -0.1) is 0 Å². The van der Waals surface area contributed by atoms with Crippen molar-refractivity contribution < 1.29 is 0 Å². The molecule has 0 aromatic rings. The minimum Gasteiger partial charge on any atom is -0.327 e. The zero-order valence-electron chi connectivity index (χ0n) is 4.98. The van der Waals surface area contributed by atoms with Crippen molar-refractivity contribution in [3.8, 4) is 0 Å². The van der Waals surface area contributed by atoms with Crippen LogP contribution in [0.25, 0.3) is 0 Å². The molecule has 2 N–H and O–H groups in total. The van der Waals surface area contributed by atoms with Gasteiger partial charge < -0.3 is 5.73 Å². The van der Waals surface area contributed by atoms with E-state index in [-0.39, 0.29) is 0 Å². The smallest absolute Gasteiger partial charge is 0.0101 e. The second-order valence-electron chi connectivity index (χ2n) is 1.64. The minimum atomic E-state index is 0.366. The van der Waals surface area contributed by atoms with Gasteiger partial charge in [0.25, 0.3) is 0 Å². The Hall–Kier alpha value is 0.310. The molecular weight excluding hydrogens is 106 g/mol. The fourth-order valence-electron chi connectivity index (χ4n) is 0.304. The van der Waals surface area contributed by atoms with Crippen molar-refractivity contribution in [2.75, 3.05) is 11.5 Å². The van der Waals surface area contributed by atoms with E-state index in [0.717, 1.165) is 5.75 Å². The van der Waals surface area contributed by atoms with E-state index in [1.54, 1.807) is 0 Å². The Morgan fingerprint density at radius 2 is 2.29 bits per heavy atom. The summed E-state index contributed by atoms with van der Waals surface area (Å²) in [7, 11) is 0. The van der Waals surface area contributed by atoms with Crippen LogP contribution < -0.4 is 5.73 Å². The second kappa shape index (κ2) is 4.47. The lowest BCUT2D eigenvalue weighted by molar-refractivity contribution is 0.847. The van der Waals surface area contributed by atoms with Gasteiger partial charge in [0, 0.05) is 11.8 Å². The molecule has 1 nitrogen and oxygen atoms in total. The fraction of sp³-hybridized carbons (Fsp3) is 1.00. The number of rotatable bonds is 3. The highest BCUT2D eigenvalue weighted by molar-refractivity contribution is 7.99. The summed E-state index contributed by atoms with van der Waals surface area (Å²) in [5.41, 5.74) is 5.46. The van der Waals surface area contributed by atoms with E-state index in [9.17, 15) is 0 Å². The Kier molecular flexibility index (Phi) is 4.67. The van der Waals surface area contributed by atoms with Gasteiger partial charge in [0.1, 0.15) is 0 Å². The second-order valence-corrected chi connectivity index (χ2v) is 2.96. The minimum absolute atomic E-state index is 0.366. The lowest BCUT2D eigenvalue weighted by Gasteiger charge is -1.99. The topological polar surface area (TPSA) is 26.0 Å². The molecule has 2 heteroatoms. The van der Waals surface area contributed by atoms with Gasteiger partial charge in [0.2, 0.25) is 0 Å². The SMILES string of the molecule is CCSC[C@H](C)N. The van der Waals surface area contributed by atoms with Gasteiger partial charge in [-0.2, -0.15) is 11.8 Å². The molecule has 0 bridgehead atoms. The molecule has 0 aromatic heterocycles. The largest absolute Gasteiger partial charge is 0.327 e. The molecule has 0 aliphatic rings. The third-order valence-electron chi connectivity index (χ3n) is 0.585. The summed E-state index contributed by atoms with van der Waals surface area (Å²) in [5, 5.41) is 0. The Morgan fingerprint density at radius 1 is 1.71 bits per heavy atom. The van der Waals surface area contributed by atoms with Gasteiger partial charge in [-0.05, 0) is 12.7 Å². The maximum atomic E-state index is 5.46. The third kappa shape index (κ3) is 6.31. The maximum absolute atomic E-state index is 5.46. The van der Waals surface area contributed by atoms with E-state index < -0.39 is 0 Å². The van der Waals surface area contributed by atoms with Crippen molar-refractivity contribution in [2.24, 2.45) is 5.73 Å². The highest BCUT2D eigenvalue weighted by Crippen LogP contribution is 1.98. The summed E-state index contributed by atoms with van der Waals surface area (Å²) in [4.78, 5) is 0. The summed E-state index contributed by atoms with van der Waals surface area (Å²) < 4.78 is 0. The molecule has 0 saturated heterocycles. The van der Waals surface area contributed by atoms with Crippen LogP contribution in [0.2, 0.25) is 0 Å². The Bertz CT molecular complexity index is 37.1. The van der Waals surface area contributed by atoms with Crippen molar-refractivity contribution >= 4 is 11.8 Å². The molecule has 0 aliphatic heterocycles. The first-order chi connectivity index (χ1) is 3.27. The van der Waals surface area contributed by atoms with Crippen molar-refractivity contribution in [1.29, 1.82) is 0 Å². The predicted molar refractivity (Wildman–Crippen MR) is 36.6 cm³/mol. The Labute approximate surface area is 49.7 Å². The van der Waals surface area contributed by atoms with Crippen molar-refractivity contribution in [2.45, 2.75) is 19.9 Å². The van der Waals surface area contributed by atoms with E-state index in [0.29, 0.717) is 6.04 Å². The molecule has 1 atom stereocenters. The zero-order chi connectivity index (χ0) is 5.70. The van der Waals surface area contributed by atoms with Gasteiger partial charge in [0.05, 0.1) is 0 Å². The molecule has 7 heavy (non-hydrogen) atoms. The molecule has 0 spiro atoms. The van der Waals surface area contributed by atoms with E-state index in [1.165, 1.54) is 5.75 Å². The average Bonchev–Trinajstić information content (AvgIpc) is 1.61. The first kappa shape index (κ1) is 7.31. The summed E-state index contributed by atoms with van der Waals surface area (Å²) in [6.07, 6.45) is 0. The molecule has 0 unspecified atom stereocenters. The summed E-state index contributed by atoms with van der Waals surface area (Å²) >= 11 is 1.89. The van der Waals surface area contributed by atoms with Gasteiger partial charge in [0.15, 0.2) is 0 Å². The maximum Gasteiger partial charge on any atom is 0.0101 e. The molecule has 0 saturated carbocycles. The van der Waals surface area contributed by atoms with Crippen LogP contribution in [0.3, 0.4) is 0 Å². The summed E-state index contributed by atoms with van der Waals surface area (Å²) in [6.45, 7) is 4.18. The molecule has 0 aliphatic carbocycles. The lowest BCUT2D eigenvalue weighted by atomic mass is 10.4. The molecule has 0 heterocycles. The predicted octanol–water partition coefficient (Wildman–Crippen LogP) is 1.09. The van der Waals surface area contributed by atoms with E-state index in [1.807, 2.05) is 18.7 Å². The standard InChI is InChI=1S/C5H13NS/c1-3-7-4-5(2)6/h5H,3-4,6H2,1-2H3/t5-/m0/s1. The highest BCUT2D eigenvalue weighted by atomic mass is 32.2. The van der Waals surface area contributed by atoms with Crippen molar-refractivity contribution in [3.05, 3.63) is 0 Å². The lowest BCUT2D eigenvalue weighted by Crippen LogP contribution is -2.17. The number of thioether (sulfide) groups is 1. The normalized spacial score (nSPS) is 14.1. The van der Waals surface area contributed by atoms with Gasteiger partial charge in [-0.25, -0.2) is 0 Å². The summed E-state index contributed by atoms with van der Waals surface area (Å²) in [5.74, 6) is 2.28. The molecular formula is C5H13NS. The van der Waals surface area contributed by atoms with Crippen LogP contribution in [0.5, 0.6) is 0 Å². The molecule has 0 rings (SSSR count). The average molecular weight is 119 g/mol. The van der Waals surface area contributed by atoms with Crippen LogP contribution in [0.15, 0.2) is 0 Å². The van der Waals surface area contributed by atoms with Crippen molar-refractivity contribution in [1.82, 2.24) is 0 Å². The van der Waals surface area contributed by atoms with Gasteiger partial charge in [-0.3, -0.25) is 0 Å². The third-order valence-corrected chi connectivity index (χ3v) is 1.75. The number of hydrogen-bond donors (Lipinski definition) is 1. The monoisotopic (exact) mass is 119 g/mol. The van der Waals surface area contributed by atoms with Crippen LogP contribution >= 0.6 is 11.8 Å². The quantitative estimate of drug-likeness (QED) is 0.601. The molecule has 44 valence electrons. The van der Waals surface area contributed by atoms with Crippen LogP contribution in [-0.4, -0.2) is 17.5 Å². The van der Waals surface area contributed by atoms with Gasteiger partial charge in [-0.1, -0.05) is 6.92 Å². The Balaban J connectivity index is 2.68. The van der Waals surface area contributed by atoms with Crippen LogP contribution in [0, 0.1) is 0 Å². The van der Waals surface area contributed by atoms with Crippen LogP contribution in [0.1, 0.15) is 13.8 Å². The fourth-order valence-corrected chi connectivity index (χ4v) is 0.911. The molecule has 0 aromatic carbocycles. The van der Waals surface area contributed by atoms with E-state index >= 15 is 0 Å². The number of nitrogens with two attached hydrogens (primary N) is 1. The molecule has 0 fully saturated rings. The van der Waals surface area contributed by atoms with Crippen LogP contribution in [-0.2, 0) is 0 Å².